The van der Waals surface area contributed by atoms with Crippen LogP contribution in [-0.2, 0) is 12.8 Å². The molecule has 0 spiro atoms. The highest BCUT2D eigenvalue weighted by Crippen LogP contribution is 2.24. The van der Waals surface area contributed by atoms with Gasteiger partial charge in [-0.05, 0) is 91.4 Å². The number of hydrogen-bond acceptors (Lipinski definition) is 4. The van der Waals surface area contributed by atoms with Crippen molar-refractivity contribution < 1.29 is 9.59 Å². The Labute approximate surface area is 227 Å². The maximum atomic E-state index is 13.1. The van der Waals surface area contributed by atoms with Gasteiger partial charge in [0.15, 0.2) is 0 Å². The highest BCUT2D eigenvalue weighted by molar-refractivity contribution is 6.09. The number of hydrogen-bond donors (Lipinski definition) is 4. The van der Waals surface area contributed by atoms with Crippen molar-refractivity contribution in [3.8, 4) is 0 Å². The molecule has 3 rings (SSSR count). The van der Waals surface area contributed by atoms with Crippen molar-refractivity contribution >= 4 is 34.6 Å². The summed E-state index contributed by atoms with van der Waals surface area (Å²) in [4.78, 5) is 26.3. The fourth-order valence-electron chi connectivity index (χ4n) is 4.56. The maximum Gasteiger partial charge on any atom is 0.255 e. The average molecular weight is 515 g/mol. The third kappa shape index (κ3) is 8.65. The van der Waals surface area contributed by atoms with E-state index in [0.717, 1.165) is 61.0 Å². The van der Waals surface area contributed by atoms with E-state index in [-0.39, 0.29) is 11.8 Å². The molecule has 0 atom stereocenters. The lowest BCUT2D eigenvalue weighted by Gasteiger charge is -2.14. The van der Waals surface area contributed by atoms with Crippen LogP contribution < -0.4 is 22.1 Å². The van der Waals surface area contributed by atoms with Gasteiger partial charge in [-0.2, -0.15) is 0 Å². The minimum atomic E-state index is -0.261. The third-order valence-electron chi connectivity index (χ3n) is 6.74. The van der Waals surface area contributed by atoms with Gasteiger partial charge in [0.1, 0.15) is 0 Å². The Morgan fingerprint density at radius 3 is 1.47 bits per heavy atom. The van der Waals surface area contributed by atoms with Gasteiger partial charge in [0.2, 0.25) is 0 Å². The molecule has 0 aliphatic rings. The molecule has 0 radical (unpaired) electrons. The fourth-order valence-corrected chi connectivity index (χ4v) is 4.56. The first-order valence-electron chi connectivity index (χ1n) is 13.9. The number of aryl methyl sites for hydroxylation is 2. The van der Waals surface area contributed by atoms with Gasteiger partial charge in [-0.3, -0.25) is 9.59 Å². The quantitative estimate of drug-likeness (QED) is 0.131. The van der Waals surface area contributed by atoms with E-state index in [9.17, 15) is 9.59 Å². The summed E-state index contributed by atoms with van der Waals surface area (Å²) in [6.07, 6.45) is 10.8. The molecule has 0 bridgehead atoms. The average Bonchev–Trinajstić information content (AvgIpc) is 2.92. The molecule has 3 aromatic carbocycles. The highest BCUT2D eigenvalue weighted by atomic mass is 16.2. The second kappa shape index (κ2) is 14.8. The van der Waals surface area contributed by atoms with E-state index >= 15 is 0 Å². The molecule has 202 valence electrons. The molecule has 6 heteroatoms. The number of nitrogen functional groups attached to an aromatic ring is 2. The molecule has 0 aromatic heterocycles. The number of nitrogens with two attached hydrogens (primary N) is 2. The minimum Gasteiger partial charge on any atom is -0.399 e. The molecule has 0 saturated carbocycles. The fraction of sp³-hybridized carbons (Fsp3) is 0.375. The van der Waals surface area contributed by atoms with Crippen LogP contribution >= 0.6 is 0 Å². The van der Waals surface area contributed by atoms with Gasteiger partial charge < -0.3 is 22.1 Å². The second-order valence-corrected chi connectivity index (χ2v) is 9.94. The molecular weight excluding hydrogens is 472 g/mol. The SMILES string of the molecule is CCCCCCc1cc(N)ccc1NC(=O)c1cccc(C(=O)Nc2ccc(N)cc2CCCCCC)c1. The zero-order valence-corrected chi connectivity index (χ0v) is 22.8. The van der Waals surface area contributed by atoms with E-state index < -0.39 is 0 Å². The van der Waals surface area contributed by atoms with Crippen LogP contribution in [-0.4, -0.2) is 11.8 Å². The van der Waals surface area contributed by atoms with Crippen molar-refractivity contribution in [1.29, 1.82) is 0 Å². The largest absolute Gasteiger partial charge is 0.399 e. The van der Waals surface area contributed by atoms with Crippen molar-refractivity contribution in [2.45, 2.75) is 78.1 Å². The van der Waals surface area contributed by atoms with E-state index in [1.807, 2.05) is 24.3 Å². The topological polar surface area (TPSA) is 110 Å². The Kier molecular flexibility index (Phi) is 11.2. The van der Waals surface area contributed by atoms with Crippen LogP contribution in [0.5, 0.6) is 0 Å². The van der Waals surface area contributed by atoms with Gasteiger partial charge in [-0.1, -0.05) is 58.4 Å². The molecule has 0 unspecified atom stereocenters. The molecule has 0 aliphatic heterocycles. The van der Waals surface area contributed by atoms with Crippen molar-refractivity contribution in [1.82, 2.24) is 0 Å². The lowest BCUT2D eigenvalue weighted by Crippen LogP contribution is -2.17. The Morgan fingerprint density at radius 2 is 1.05 bits per heavy atom. The Hall–Kier alpha value is -3.80. The normalized spacial score (nSPS) is 10.8. The first kappa shape index (κ1) is 28.8. The van der Waals surface area contributed by atoms with Gasteiger partial charge in [-0.25, -0.2) is 0 Å². The van der Waals surface area contributed by atoms with Gasteiger partial charge in [-0.15, -0.1) is 0 Å². The Bertz CT molecular complexity index is 1130. The summed E-state index contributed by atoms with van der Waals surface area (Å²) >= 11 is 0. The zero-order valence-electron chi connectivity index (χ0n) is 22.8. The monoisotopic (exact) mass is 514 g/mol. The predicted octanol–water partition coefficient (Wildman–Crippen LogP) is 7.60. The van der Waals surface area contributed by atoms with Gasteiger partial charge in [0.25, 0.3) is 11.8 Å². The third-order valence-corrected chi connectivity index (χ3v) is 6.74. The number of carbonyl (C=O) groups is 2. The van der Waals surface area contributed by atoms with E-state index in [2.05, 4.69) is 24.5 Å². The number of anilines is 4. The van der Waals surface area contributed by atoms with E-state index in [1.165, 1.54) is 25.7 Å². The summed E-state index contributed by atoms with van der Waals surface area (Å²) in [6, 6.07) is 17.9. The Morgan fingerprint density at radius 1 is 0.605 bits per heavy atom. The number of carbonyl (C=O) groups excluding carboxylic acids is 2. The molecule has 0 saturated heterocycles. The molecule has 0 aliphatic carbocycles. The zero-order chi connectivity index (χ0) is 27.3. The van der Waals surface area contributed by atoms with Crippen LogP contribution in [0.25, 0.3) is 0 Å². The van der Waals surface area contributed by atoms with E-state index in [0.29, 0.717) is 22.5 Å². The first-order valence-corrected chi connectivity index (χ1v) is 13.9. The molecular formula is C32H42N4O2. The lowest BCUT2D eigenvalue weighted by molar-refractivity contribution is 0.102. The van der Waals surface area contributed by atoms with Crippen molar-refractivity contribution in [2.75, 3.05) is 22.1 Å². The van der Waals surface area contributed by atoms with Gasteiger partial charge in [0.05, 0.1) is 0 Å². The molecule has 6 nitrogen and oxygen atoms in total. The van der Waals surface area contributed by atoms with E-state index in [1.54, 1.807) is 36.4 Å². The molecule has 38 heavy (non-hydrogen) atoms. The number of benzene rings is 3. The summed E-state index contributed by atoms with van der Waals surface area (Å²) in [5, 5.41) is 6.04. The van der Waals surface area contributed by atoms with Crippen molar-refractivity contribution in [3.05, 3.63) is 82.9 Å². The Balaban J connectivity index is 1.70. The minimum absolute atomic E-state index is 0.261. The lowest BCUT2D eigenvalue weighted by atomic mass is 10.0. The smallest absolute Gasteiger partial charge is 0.255 e. The van der Waals surface area contributed by atoms with Crippen LogP contribution in [0.4, 0.5) is 22.7 Å². The first-order chi connectivity index (χ1) is 18.4. The number of unbranched alkanes of at least 4 members (excludes halogenated alkanes) is 6. The number of rotatable bonds is 14. The van der Waals surface area contributed by atoms with Gasteiger partial charge >= 0.3 is 0 Å². The standard InChI is InChI=1S/C32H42N4O2/c1-3-5-7-9-12-23-21-27(33)16-18-29(23)35-31(37)25-14-11-15-26(20-25)32(38)36-30-19-17-28(34)22-24(30)13-10-8-6-4-2/h11,14-22H,3-10,12-13,33-34H2,1-2H3,(H,35,37)(H,36,38). The van der Waals surface area contributed by atoms with Crippen molar-refractivity contribution in [3.63, 3.8) is 0 Å². The molecule has 2 amide bonds. The predicted molar refractivity (Wildman–Crippen MR) is 160 cm³/mol. The molecule has 0 heterocycles. The summed E-state index contributed by atoms with van der Waals surface area (Å²) in [5.41, 5.74) is 17.8. The summed E-state index contributed by atoms with van der Waals surface area (Å²) < 4.78 is 0. The van der Waals surface area contributed by atoms with Crippen LogP contribution in [0.2, 0.25) is 0 Å². The van der Waals surface area contributed by atoms with Crippen LogP contribution in [0.1, 0.15) is 97.1 Å². The molecule has 0 fully saturated rings. The van der Waals surface area contributed by atoms with E-state index in [4.69, 9.17) is 11.5 Å². The van der Waals surface area contributed by atoms with Crippen LogP contribution in [0, 0.1) is 0 Å². The highest BCUT2D eigenvalue weighted by Gasteiger charge is 2.14. The van der Waals surface area contributed by atoms with Crippen molar-refractivity contribution in [2.24, 2.45) is 0 Å². The second-order valence-electron chi connectivity index (χ2n) is 9.94. The molecule has 6 N–H and O–H groups in total. The number of amides is 2. The number of nitrogens with one attached hydrogen (secondary N) is 2. The van der Waals surface area contributed by atoms with Gasteiger partial charge in [0, 0.05) is 33.9 Å². The van der Waals surface area contributed by atoms with Crippen LogP contribution in [0.15, 0.2) is 60.7 Å². The maximum absolute atomic E-state index is 13.1. The summed E-state index contributed by atoms with van der Waals surface area (Å²) in [6.45, 7) is 4.37. The van der Waals surface area contributed by atoms with Crippen LogP contribution in [0.3, 0.4) is 0 Å². The summed E-state index contributed by atoms with van der Waals surface area (Å²) in [5.74, 6) is -0.522. The molecule has 3 aromatic rings. The summed E-state index contributed by atoms with van der Waals surface area (Å²) in [7, 11) is 0.